The molecule has 0 aliphatic heterocycles. The molecule has 0 aromatic heterocycles. The Hall–Kier alpha value is -3.72. The molecular weight excluding hydrogens is 541 g/mol. The summed E-state index contributed by atoms with van der Waals surface area (Å²) in [5.41, 5.74) is 2.77. The van der Waals surface area contributed by atoms with Crippen molar-refractivity contribution in [2.45, 2.75) is 65.1 Å². The van der Waals surface area contributed by atoms with Crippen LogP contribution in [0.4, 0.5) is 10.1 Å². The Balaban J connectivity index is 1.91. The highest BCUT2D eigenvalue weighted by Gasteiger charge is 2.31. The standard InChI is InChI=1S/C32H40FN3O4S/c1-5-25(3)34-32(38)30(22-26-15-7-6-8-16-26)35(23-27-17-10-9-14-24(27)2)31(37)20-13-21-36(41(4,39)40)29-19-12-11-18-28(29)33/h6-12,14-19,25,30H,5,13,20-23H2,1-4H3,(H,34,38). The number of nitrogens with one attached hydrogen (secondary N) is 1. The van der Waals surface area contributed by atoms with Crippen LogP contribution in [0, 0.1) is 12.7 Å². The molecule has 41 heavy (non-hydrogen) atoms. The van der Waals surface area contributed by atoms with Gasteiger partial charge in [0.2, 0.25) is 21.8 Å². The van der Waals surface area contributed by atoms with Gasteiger partial charge in [0.25, 0.3) is 0 Å². The zero-order valence-electron chi connectivity index (χ0n) is 24.2. The zero-order valence-corrected chi connectivity index (χ0v) is 25.0. The molecule has 0 bridgehead atoms. The summed E-state index contributed by atoms with van der Waals surface area (Å²) in [4.78, 5) is 29.1. The number of carbonyl (C=O) groups excluding carboxylic acids is 2. The van der Waals surface area contributed by atoms with Crippen molar-refractivity contribution >= 4 is 27.5 Å². The second-order valence-corrected chi connectivity index (χ2v) is 12.3. The molecule has 0 aliphatic rings. The topological polar surface area (TPSA) is 86.8 Å². The Bertz CT molecular complexity index is 1420. The second kappa shape index (κ2) is 14.8. The van der Waals surface area contributed by atoms with Gasteiger partial charge in [0.15, 0.2) is 0 Å². The summed E-state index contributed by atoms with van der Waals surface area (Å²) >= 11 is 0. The van der Waals surface area contributed by atoms with Crippen LogP contribution in [-0.2, 0) is 32.6 Å². The van der Waals surface area contributed by atoms with Crippen LogP contribution in [0.5, 0.6) is 0 Å². The van der Waals surface area contributed by atoms with Crippen LogP contribution in [0.3, 0.4) is 0 Å². The first kappa shape index (κ1) is 31.8. The minimum atomic E-state index is -3.80. The van der Waals surface area contributed by atoms with Gasteiger partial charge in [-0.05, 0) is 55.5 Å². The van der Waals surface area contributed by atoms with Crippen LogP contribution in [0.25, 0.3) is 0 Å². The van der Waals surface area contributed by atoms with E-state index in [9.17, 15) is 22.4 Å². The van der Waals surface area contributed by atoms with E-state index in [1.54, 1.807) is 11.0 Å². The molecule has 3 rings (SSSR count). The first-order valence-electron chi connectivity index (χ1n) is 13.9. The van der Waals surface area contributed by atoms with Gasteiger partial charge >= 0.3 is 0 Å². The number of aryl methyl sites for hydroxylation is 1. The van der Waals surface area contributed by atoms with Crippen molar-refractivity contribution in [3.8, 4) is 0 Å². The first-order valence-corrected chi connectivity index (χ1v) is 15.8. The maximum atomic E-state index is 14.5. The highest BCUT2D eigenvalue weighted by Crippen LogP contribution is 2.23. The Morgan fingerprint density at radius 3 is 2.22 bits per heavy atom. The van der Waals surface area contributed by atoms with Gasteiger partial charge in [0.1, 0.15) is 11.9 Å². The monoisotopic (exact) mass is 581 g/mol. The molecule has 7 nitrogen and oxygen atoms in total. The lowest BCUT2D eigenvalue weighted by Crippen LogP contribution is -2.52. The summed E-state index contributed by atoms with van der Waals surface area (Å²) < 4.78 is 40.5. The predicted molar refractivity (Wildman–Crippen MR) is 161 cm³/mol. The molecule has 2 amide bonds. The molecule has 0 fully saturated rings. The van der Waals surface area contributed by atoms with Gasteiger partial charge in [0, 0.05) is 32.0 Å². The third kappa shape index (κ3) is 9.14. The summed E-state index contributed by atoms with van der Waals surface area (Å²) in [6.45, 7) is 6.01. The van der Waals surface area contributed by atoms with Gasteiger partial charge in [0.05, 0.1) is 11.9 Å². The molecule has 0 spiro atoms. The SMILES string of the molecule is CCC(C)NC(=O)C(Cc1ccccc1)N(Cc1ccccc1C)C(=O)CCCN(c1ccccc1F)S(C)(=O)=O. The number of benzene rings is 3. The average Bonchev–Trinajstić information content (AvgIpc) is 2.94. The van der Waals surface area contributed by atoms with Crippen molar-refractivity contribution in [2.75, 3.05) is 17.1 Å². The molecule has 2 atom stereocenters. The Morgan fingerprint density at radius 2 is 1.59 bits per heavy atom. The number of carbonyl (C=O) groups is 2. The van der Waals surface area contributed by atoms with E-state index in [1.165, 1.54) is 18.2 Å². The van der Waals surface area contributed by atoms with E-state index in [2.05, 4.69) is 5.32 Å². The number of hydrogen-bond acceptors (Lipinski definition) is 4. The van der Waals surface area contributed by atoms with Gasteiger partial charge in [-0.15, -0.1) is 0 Å². The van der Waals surface area contributed by atoms with E-state index in [1.807, 2.05) is 75.4 Å². The van der Waals surface area contributed by atoms with Crippen LogP contribution >= 0.6 is 0 Å². The number of sulfonamides is 1. The molecule has 3 aromatic carbocycles. The second-order valence-electron chi connectivity index (χ2n) is 10.4. The predicted octanol–water partition coefficient (Wildman–Crippen LogP) is 5.24. The van der Waals surface area contributed by atoms with Crippen molar-refractivity contribution in [1.29, 1.82) is 0 Å². The molecule has 0 radical (unpaired) electrons. The molecule has 0 heterocycles. The van der Waals surface area contributed by atoms with Gasteiger partial charge in [-0.3, -0.25) is 13.9 Å². The third-order valence-electron chi connectivity index (χ3n) is 7.15. The maximum Gasteiger partial charge on any atom is 0.243 e. The normalized spacial score (nSPS) is 12.8. The van der Waals surface area contributed by atoms with Crippen LogP contribution < -0.4 is 9.62 Å². The minimum absolute atomic E-state index is 0.0196. The van der Waals surface area contributed by atoms with E-state index in [0.717, 1.165) is 33.7 Å². The summed E-state index contributed by atoms with van der Waals surface area (Å²) in [5, 5.41) is 3.05. The average molecular weight is 582 g/mol. The van der Waals surface area contributed by atoms with Crippen molar-refractivity contribution < 1.29 is 22.4 Å². The summed E-state index contributed by atoms with van der Waals surface area (Å²) in [7, 11) is -3.80. The minimum Gasteiger partial charge on any atom is -0.352 e. The molecular formula is C32H40FN3O4S. The van der Waals surface area contributed by atoms with E-state index >= 15 is 0 Å². The van der Waals surface area contributed by atoms with Crippen LogP contribution in [0.1, 0.15) is 49.8 Å². The van der Waals surface area contributed by atoms with Gasteiger partial charge in [-0.2, -0.15) is 0 Å². The first-order chi connectivity index (χ1) is 19.5. The Kier molecular flexibility index (Phi) is 11.5. The lowest BCUT2D eigenvalue weighted by molar-refractivity contribution is -0.141. The van der Waals surface area contributed by atoms with E-state index in [0.29, 0.717) is 6.42 Å². The van der Waals surface area contributed by atoms with Gasteiger partial charge in [-0.1, -0.05) is 73.7 Å². The van der Waals surface area contributed by atoms with Crippen molar-refractivity contribution in [2.24, 2.45) is 0 Å². The Labute approximate surface area is 243 Å². The number of hydrogen-bond donors (Lipinski definition) is 1. The molecule has 9 heteroatoms. The van der Waals surface area contributed by atoms with Crippen LogP contribution in [0.2, 0.25) is 0 Å². The molecule has 3 aromatic rings. The molecule has 220 valence electrons. The molecule has 0 aliphatic carbocycles. The number of anilines is 1. The van der Waals surface area contributed by atoms with E-state index < -0.39 is 21.9 Å². The van der Waals surface area contributed by atoms with Crippen LogP contribution in [0.15, 0.2) is 78.9 Å². The smallest absolute Gasteiger partial charge is 0.243 e. The van der Waals surface area contributed by atoms with Gasteiger partial charge < -0.3 is 10.2 Å². The zero-order chi connectivity index (χ0) is 30.0. The number of amides is 2. The summed E-state index contributed by atoms with van der Waals surface area (Å²) in [5.74, 6) is -1.18. The number of halogens is 1. The quantitative estimate of drug-likeness (QED) is 0.282. The molecule has 1 N–H and O–H groups in total. The highest BCUT2D eigenvalue weighted by molar-refractivity contribution is 7.92. The van der Waals surface area contributed by atoms with E-state index in [4.69, 9.17) is 0 Å². The van der Waals surface area contributed by atoms with Crippen molar-refractivity contribution in [3.63, 3.8) is 0 Å². The van der Waals surface area contributed by atoms with Gasteiger partial charge in [-0.25, -0.2) is 12.8 Å². The molecule has 0 saturated carbocycles. The van der Waals surface area contributed by atoms with Crippen molar-refractivity contribution in [3.05, 3.63) is 101 Å². The number of para-hydroxylation sites is 1. The number of rotatable bonds is 14. The number of nitrogens with zero attached hydrogens (tertiary/aromatic N) is 2. The lowest BCUT2D eigenvalue weighted by atomic mass is 10.0. The molecule has 2 unspecified atom stereocenters. The molecule has 0 saturated heterocycles. The van der Waals surface area contributed by atoms with E-state index in [-0.39, 0.29) is 49.5 Å². The lowest BCUT2D eigenvalue weighted by Gasteiger charge is -2.33. The summed E-state index contributed by atoms with van der Waals surface area (Å²) in [6.07, 6.45) is 2.21. The van der Waals surface area contributed by atoms with Crippen molar-refractivity contribution in [1.82, 2.24) is 10.2 Å². The fourth-order valence-electron chi connectivity index (χ4n) is 4.60. The van der Waals surface area contributed by atoms with Crippen LogP contribution in [-0.4, -0.2) is 50.0 Å². The maximum absolute atomic E-state index is 14.5. The fraction of sp³-hybridized carbons (Fsp3) is 0.375. The fourth-order valence-corrected chi connectivity index (χ4v) is 5.57. The Morgan fingerprint density at radius 1 is 0.951 bits per heavy atom. The summed E-state index contributed by atoms with van der Waals surface area (Å²) in [6, 6.07) is 22.1. The highest BCUT2D eigenvalue weighted by atomic mass is 32.2. The largest absolute Gasteiger partial charge is 0.352 e. The third-order valence-corrected chi connectivity index (χ3v) is 8.33.